The molecule has 3 aromatic heterocycles. The van der Waals surface area contributed by atoms with Crippen LogP contribution in [0.15, 0.2) is 58.2 Å². The molecule has 2 aliphatic heterocycles. The Balaban J connectivity index is 1.20. The maximum Gasteiger partial charge on any atom is 0.230 e. The zero-order valence-electron chi connectivity index (χ0n) is 18.7. The van der Waals surface area contributed by atoms with Crippen LogP contribution in [0.2, 0.25) is 0 Å². The highest BCUT2D eigenvalue weighted by atomic mass is 32.2. The number of aromatic nitrogens is 5. The molecule has 0 amide bonds. The lowest BCUT2D eigenvalue weighted by Gasteiger charge is -2.30. The number of pyridine rings is 1. The summed E-state index contributed by atoms with van der Waals surface area (Å²) in [5.41, 5.74) is 2.21. The first-order valence-electron chi connectivity index (χ1n) is 11.4. The van der Waals surface area contributed by atoms with Gasteiger partial charge in [-0.1, -0.05) is 11.2 Å². The van der Waals surface area contributed by atoms with E-state index in [4.69, 9.17) is 14.5 Å². The van der Waals surface area contributed by atoms with Crippen molar-refractivity contribution in [3.05, 3.63) is 66.2 Å². The summed E-state index contributed by atoms with van der Waals surface area (Å²) in [5.74, 6) is 2.58. The summed E-state index contributed by atoms with van der Waals surface area (Å²) in [6.07, 6.45) is 5.67. The van der Waals surface area contributed by atoms with Crippen molar-refractivity contribution in [3.8, 4) is 11.4 Å². The highest BCUT2D eigenvalue weighted by Crippen LogP contribution is 2.34. The molecule has 1 fully saturated rings. The van der Waals surface area contributed by atoms with Crippen LogP contribution < -0.4 is 10.2 Å². The molecule has 4 aromatic rings. The number of fused-ring (bicyclic) bond motifs is 1. The molecule has 0 saturated carbocycles. The van der Waals surface area contributed by atoms with Gasteiger partial charge in [0.15, 0.2) is 5.82 Å². The van der Waals surface area contributed by atoms with E-state index < -0.39 is 10.8 Å². The number of nitrogens with one attached hydrogen (secondary N) is 1. The van der Waals surface area contributed by atoms with Crippen LogP contribution >= 0.6 is 0 Å². The van der Waals surface area contributed by atoms with Gasteiger partial charge in [-0.05, 0) is 43.2 Å². The van der Waals surface area contributed by atoms with E-state index in [-0.39, 0.29) is 11.7 Å². The molecule has 1 unspecified atom stereocenters. The standard InChI is InChI=1S/C24H22FN7O2S/c25-17-2-1-3-18(14-17)27-22-20-19(8-13-35(20)33)28-24(30-22)32-11-6-16(7-12-32)23-29-21(31-34-23)15-4-9-26-10-5-15/h1-5,9-10,14,16H,6-8,11-13H2,(H,27,28,30). The number of anilines is 3. The Labute approximate surface area is 203 Å². The topological polar surface area (TPSA) is 110 Å². The van der Waals surface area contributed by atoms with Gasteiger partial charge in [-0.25, -0.2) is 9.37 Å². The van der Waals surface area contributed by atoms with E-state index in [1.54, 1.807) is 24.5 Å². The van der Waals surface area contributed by atoms with Crippen molar-refractivity contribution in [3.63, 3.8) is 0 Å². The lowest BCUT2D eigenvalue weighted by Crippen LogP contribution is -2.34. The molecule has 35 heavy (non-hydrogen) atoms. The average Bonchev–Trinajstić information content (AvgIpc) is 3.52. The predicted octanol–water partition coefficient (Wildman–Crippen LogP) is 3.85. The quantitative estimate of drug-likeness (QED) is 0.445. The zero-order chi connectivity index (χ0) is 23.8. The highest BCUT2D eigenvalue weighted by molar-refractivity contribution is 7.85. The molecule has 1 N–H and O–H groups in total. The van der Waals surface area contributed by atoms with Crippen LogP contribution in [0, 0.1) is 5.82 Å². The van der Waals surface area contributed by atoms with Crippen LogP contribution in [0.4, 0.5) is 21.8 Å². The van der Waals surface area contributed by atoms with Gasteiger partial charge in [-0.15, -0.1) is 0 Å². The fraction of sp³-hybridized carbons (Fsp3) is 0.292. The number of nitrogens with zero attached hydrogens (tertiary/aromatic N) is 6. The fourth-order valence-electron chi connectivity index (χ4n) is 4.46. The normalized spacial score (nSPS) is 18.0. The summed E-state index contributed by atoms with van der Waals surface area (Å²) in [4.78, 5) is 20.8. The first kappa shape index (κ1) is 21.8. The van der Waals surface area contributed by atoms with E-state index in [1.807, 2.05) is 12.1 Å². The first-order chi connectivity index (χ1) is 17.1. The fourth-order valence-corrected chi connectivity index (χ4v) is 5.76. The SMILES string of the molecule is O=S1CCc2nc(N3CCC(c4nc(-c5ccncc5)no4)CC3)nc(Nc3cccc(F)c3)c21. The molecule has 1 atom stereocenters. The number of hydrogen-bond donors (Lipinski definition) is 1. The number of aryl methyl sites for hydroxylation is 1. The molecule has 5 heterocycles. The highest BCUT2D eigenvalue weighted by Gasteiger charge is 2.30. The minimum Gasteiger partial charge on any atom is -0.341 e. The van der Waals surface area contributed by atoms with Crippen LogP contribution in [0.1, 0.15) is 30.3 Å². The number of benzene rings is 1. The second-order valence-electron chi connectivity index (χ2n) is 8.54. The number of hydrogen-bond acceptors (Lipinski definition) is 9. The minimum atomic E-state index is -1.18. The maximum absolute atomic E-state index is 13.7. The largest absolute Gasteiger partial charge is 0.341 e. The van der Waals surface area contributed by atoms with E-state index in [0.717, 1.165) is 37.2 Å². The van der Waals surface area contributed by atoms with E-state index in [2.05, 4.69) is 25.3 Å². The van der Waals surface area contributed by atoms with E-state index in [0.29, 0.717) is 46.2 Å². The summed E-state index contributed by atoms with van der Waals surface area (Å²) in [6.45, 7) is 1.44. The Morgan fingerprint density at radius 2 is 1.91 bits per heavy atom. The Morgan fingerprint density at radius 3 is 2.71 bits per heavy atom. The Hall–Kier alpha value is -3.73. The van der Waals surface area contributed by atoms with Gasteiger partial charge in [0.2, 0.25) is 17.7 Å². The third-order valence-electron chi connectivity index (χ3n) is 6.27. The Bertz CT molecular complexity index is 1390. The first-order valence-corrected chi connectivity index (χ1v) is 12.8. The summed E-state index contributed by atoms with van der Waals surface area (Å²) in [6, 6.07) is 9.86. The van der Waals surface area contributed by atoms with Gasteiger partial charge in [0.05, 0.1) is 16.5 Å². The van der Waals surface area contributed by atoms with Crippen molar-refractivity contribution in [1.29, 1.82) is 0 Å². The molecule has 1 saturated heterocycles. The minimum absolute atomic E-state index is 0.154. The molecule has 11 heteroatoms. The molecule has 9 nitrogen and oxygen atoms in total. The van der Waals surface area contributed by atoms with Crippen molar-refractivity contribution < 1.29 is 13.1 Å². The molecule has 2 aliphatic rings. The monoisotopic (exact) mass is 491 g/mol. The second kappa shape index (κ2) is 9.14. The van der Waals surface area contributed by atoms with Crippen LogP contribution in [-0.4, -0.2) is 48.1 Å². The molecule has 0 radical (unpaired) electrons. The van der Waals surface area contributed by atoms with Gasteiger partial charge in [0.1, 0.15) is 10.7 Å². The third-order valence-corrected chi connectivity index (χ3v) is 7.73. The molecule has 0 aliphatic carbocycles. The molecule has 6 rings (SSSR count). The van der Waals surface area contributed by atoms with Gasteiger partial charge in [0.25, 0.3) is 0 Å². The average molecular weight is 492 g/mol. The maximum atomic E-state index is 13.7. The van der Waals surface area contributed by atoms with Crippen LogP contribution in [0.5, 0.6) is 0 Å². The predicted molar refractivity (Wildman–Crippen MR) is 128 cm³/mol. The van der Waals surface area contributed by atoms with Gasteiger partial charge in [0, 0.05) is 54.8 Å². The van der Waals surface area contributed by atoms with Gasteiger partial charge in [-0.3, -0.25) is 9.19 Å². The summed E-state index contributed by atoms with van der Waals surface area (Å²) < 4.78 is 31.9. The third kappa shape index (κ3) is 4.39. The van der Waals surface area contributed by atoms with E-state index in [1.165, 1.54) is 12.1 Å². The smallest absolute Gasteiger partial charge is 0.230 e. The molecular weight excluding hydrogens is 469 g/mol. The number of rotatable bonds is 5. The van der Waals surface area contributed by atoms with Crippen LogP contribution in [0.25, 0.3) is 11.4 Å². The van der Waals surface area contributed by atoms with Crippen LogP contribution in [0.3, 0.4) is 0 Å². The van der Waals surface area contributed by atoms with Crippen molar-refractivity contribution in [1.82, 2.24) is 25.1 Å². The van der Waals surface area contributed by atoms with Crippen molar-refractivity contribution in [2.75, 3.05) is 29.1 Å². The van der Waals surface area contributed by atoms with Crippen molar-refractivity contribution in [2.24, 2.45) is 0 Å². The van der Waals surface area contributed by atoms with Gasteiger partial charge >= 0.3 is 0 Å². The Morgan fingerprint density at radius 1 is 1.09 bits per heavy atom. The van der Waals surface area contributed by atoms with E-state index in [9.17, 15) is 8.60 Å². The van der Waals surface area contributed by atoms with Gasteiger partial charge < -0.3 is 14.7 Å². The van der Waals surface area contributed by atoms with Crippen molar-refractivity contribution in [2.45, 2.75) is 30.1 Å². The van der Waals surface area contributed by atoms with Crippen LogP contribution in [-0.2, 0) is 17.2 Å². The Kier molecular flexibility index (Phi) is 5.69. The van der Waals surface area contributed by atoms with E-state index >= 15 is 0 Å². The summed E-state index contributed by atoms with van der Waals surface area (Å²) in [7, 11) is -1.18. The molecular formula is C24H22FN7O2S. The van der Waals surface area contributed by atoms with Crippen molar-refractivity contribution >= 4 is 28.3 Å². The zero-order valence-corrected chi connectivity index (χ0v) is 19.5. The van der Waals surface area contributed by atoms with Gasteiger partial charge in [-0.2, -0.15) is 9.97 Å². The molecule has 1 aromatic carbocycles. The molecule has 0 spiro atoms. The molecule has 0 bridgehead atoms. The lowest BCUT2D eigenvalue weighted by molar-refractivity contribution is 0.329. The number of piperidine rings is 1. The lowest BCUT2D eigenvalue weighted by atomic mass is 9.97. The summed E-state index contributed by atoms with van der Waals surface area (Å²) in [5, 5.41) is 7.29. The second-order valence-corrected chi connectivity index (χ2v) is 10.0. The molecule has 178 valence electrons. The summed E-state index contributed by atoms with van der Waals surface area (Å²) >= 11 is 0. The number of halogens is 1.